The van der Waals surface area contributed by atoms with Crippen molar-refractivity contribution >= 4 is 12.1 Å². The third kappa shape index (κ3) is 1.85. The van der Waals surface area contributed by atoms with Gasteiger partial charge in [-0.15, -0.1) is 0 Å². The Kier molecular flexibility index (Phi) is 3.45. The van der Waals surface area contributed by atoms with Gasteiger partial charge < -0.3 is 9.90 Å². The minimum atomic E-state index is -0.400. The van der Waals surface area contributed by atoms with Crippen molar-refractivity contribution in [1.29, 1.82) is 0 Å². The lowest BCUT2D eigenvalue weighted by Crippen LogP contribution is -2.49. The number of Topliss-reactive ketones (excluding diaryl/α,β-unsaturated/α-hetero) is 1. The van der Waals surface area contributed by atoms with Gasteiger partial charge in [0.2, 0.25) is 0 Å². The fourth-order valence-electron chi connectivity index (χ4n) is 3.93. The predicted molar refractivity (Wildman–Crippen MR) is 68.9 cm³/mol. The molecular formula is C15H22O3. The highest BCUT2D eigenvalue weighted by Gasteiger charge is 2.51. The number of aliphatic hydroxyl groups is 1. The molecule has 0 saturated heterocycles. The summed E-state index contributed by atoms with van der Waals surface area (Å²) >= 11 is 0. The Bertz CT molecular complexity index is 399. The molecule has 3 nitrogen and oxygen atoms in total. The van der Waals surface area contributed by atoms with Crippen molar-refractivity contribution in [3.05, 3.63) is 11.6 Å². The van der Waals surface area contributed by atoms with E-state index in [9.17, 15) is 14.7 Å². The molecule has 0 aromatic rings. The summed E-state index contributed by atoms with van der Waals surface area (Å²) in [4.78, 5) is 23.3. The van der Waals surface area contributed by atoms with E-state index in [0.717, 1.165) is 12.7 Å². The van der Waals surface area contributed by atoms with E-state index < -0.39 is 6.10 Å². The van der Waals surface area contributed by atoms with Gasteiger partial charge in [-0.25, -0.2) is 0 Å². The van der Waals surface area contributed by atoms with Gasteiger partial charge in [-0.05, 0) is 18.8 Å². The summed E-state index contributed by atoms with van der Waals surface area (Å²) in [5.41, 5.74) is 0.918. The molecule has 1 saturated carbocycles. The molecule has 3 heteroatoms. The van der Waals surface area contributed by atoms with E-state index >= 15 is 0 Å². The molecule has 0 spiro atoms. The van der Waals surface area contributed by atoms with Crippen molar-refractivity contribution in [1.82, 2.24) is 0 Å². The smallest absolute Gasteiger partial charge is 0.137 e. The highest BCUT2D eigenvalue weighted by atomic mass is 16.3. The summed E-state index contributed by atoms with van der Waals surface area (Å²) in [7, 11) is 0. The monoisotopic (exact) mass is 250 g/mol. The first-order valence-corrected chi connectivity index (χ1v) is 6.78. The highest BCUT2D eigenvalue weighted by Crippen LogP contribution is 2.54. The number of hydrogen-bond acceptors (Lipinski definition) is 3. The summed E-state index contributed by atoms with van der Waals surface area (Å²) in [6, 6.07) is 0. The van der Waals surface area contributed by atoms with E-state index in [1.165, 1.54) is 5.57 Å². The first kappa shape index (κ1) is 13.5. The molecule has 0 unspecified atom stereocenters. The number of ketones is 1. The quantitative estimate of drug-likeness (QED) is 0.603. The average Bonchev–Trinajstić information content (AvgIpc) is 2.31. The zero-order valence-electron chi connectivity index (χ0n) is 11.3. The third-order valence-electron chi connectivity index (χ3n) is 5.08. The van der Waals surface area contributed by atoms with Crippen molar-refractivity contribution in [2.45, 2.75) is 46.1 Å². The number of aliphatic hydroxyl groups excluding tert-OH is 1. The number of aldehydes is 1. The van der Waals surface area contributed by atoms with Gasteiger partial charge >= 0.3 is 0 Å². The lowest BCUT2D eigenvalue weighted by atomic mass is 9.52. The molecule has 2 rings (SSSR count). The lowest BCUT2D eigenvalue weighted by molar-refractivity contribution is -0.136. The zero-order chi connectivity index (χ0) is 13.5. The molecule has 0 aromatic carbocycles. The summed E-state index contributed by atoms with van der Waals surface area (Å²) < 4.78 is 0. The Hall–Kier alpha value is -0.960. The minimum absolute atomic E-state index is 0.206. The van der Waals surface area contributed by atoms with Gasteiger partial charge in [-0.2, -0.15) is 0 Å². The molecule has 0 aliphatic heterocycles. The van der Waals surface area contributed by atoms with E-state index in [1.807, 2.05) is 13.0 Å². The fraction of sp³-hybridized carbons (Fsp3) is 0.733. The molecule has 100 valence electrons. The number of rotatable bonds is 2. The van der Waals surface area contributed by atoms with Gasteiger partial charge in [0.25, 0.3) is 0 Å². The van der Waals surface area contributed by atoms with Crippen molar-refractivity contribution in [3.8, 4) is 0 Å². The van der Waals surface area contributed by atoms with Crippen LogP contribution >= 0.6 is 0 Å². The summed E-state index contributed by atoms with van der Waals surface area (Å²) in [5, 5.41) is 9.85. The standard InChI is InChI=1S/C15H22O3/c1-9(8-16)14-13(18)5-4-11-7-12(17)6-10(2)15(11,14)3/h7-10,12,14,17H,4-6H2,1-3H3/t9-,10-,12-,14-,15+/m0/s1. The first-order valence-electron chi connectivity index (χ1n) is 6.78. The Labute approximate surface area is 108 Å². The highest BCUT2D eigenvalue weighted by molar-refractivity contribution is 5.86. The number of fused-ring (bicyclic) bond motifs is 1. The molecule has 0 bridgehead atoms. The molecule has 2 aliphatic rings. The molecule has 0 aromatic heterocycles. The SMILES string of the molecule is C[C@@H](C=O)[C@H]1C(=O)CCC2=C[C@@H](O)C[C@H](C)[C@]21C. The lowest BCUT2D eigenvalue weighted by Gasteiger charge is -2.51. The van der Waals surface area contributed by atoms with Crippen LogP contribution in [-0.4, -0.2) is 23.3 Å². The van der Waals surface area contributed by atoms with Gasteiger partial charge in [-0.1, -0.05) is 32.4 Å². The topological polar surface area (TPSA) is 54.4 Å². The van der Waals surface area contributed by atoms with Gasteiger partial charge in [0.1, 0.15) is 12.1 Å². The van der Waals surface area contributed by atoms with E-state index in [0.29, 0.717) is 12.8 Å². The van der Waals surface area contributed by atoms with Gasteiger partial charge in [0.15, 0.2) is 0 Å². The summed E-state index contributed by atoms with van der Waals surface area (Å²) in [5.74, 6) is -0.0389. The maximum Gasteiger partial charge on any atom is 0.137 e. The van der Waals surface area contributed by atoms with Crippen molar-refractivity contribution in [2.24, 2.45) is 23.2 Å². The van der Waals surface area contributed by atoms with Gasteiger partial charge in [0, 0.05) is 23.7 Å². The molecule has 0 radical (unpaired) electrons. The Morgan fingerprint density at radius 2 is 2.17 bits per heavy atom. The van der Waals surface area contributed by atoms with Crippen molar-refractivity contribution in [3.63, 3.8) is 0 Å². The molecule has 1 fully saturated rings. The predicted octanol–water partition coefficient (Wildman–Crippen LogP) is 2.13. The first-order chi connectivity index (χ1) is 8.41. The van der Waals surface area contributed by atoms with Crippen molar-refractivity contribution < 1.29 is 14.7 Å². The maximum atomic E-state index is 12.2. The molecule has 0 amide bonds. The Morgan fingerprint density at radius 1 is 1.50 bits per heavy atom. The largest absolute Gasteiger partial charge is 0.389 e. The van der Waals surface area contributed by atoms with E-state index in [1.54, 1.807) is 0 Å². The van der Waals surface area contributed by atoms with Crippen LogP contribution < -0.4 is 0 Å². The van der Waals surface area contributed by atoms with Crippen LogP contribution in [0, 0.1) is 23.2 Å². The Balaban J connectivity index is 2.47. The van der Waals surface area contributed by atoms with Crippen molar-refractivity contribution in [2.75, 3.05) is 0 Å². The molecule has 0 heterocycles. The van der Waals surface area contributed by atoms with Crippen LogP contribution in [0.4, 0.5) is 0 Å². The maximum absolute atomic E-state index is 12.2. The van der Waals surface area contributed by atoms with Gasteiger partial charge in [0.05, 0.1) is 6.10 Å². The third-order valence-corrected chi connectivity index (χ3v) is 5.08. The van der Waals surface area contributed by atoms with Crippen LogP contribution in [0.5, 0.6) is 0 Å². The molecule has 5 atom stereocenters. The number of carbonyl (C=O) groups is 2. The Morgan fingerprint density at radius 3 is 2.78 bits per heavy atom. The zero-order valence-corrected chi connectivity index (χ0v) is 11.3. The van der Waals surface area contributed by atoms with Gasteiger partial charge in [-0.3, -0.25) is 4.79 Å². The summed E-state index contributed by atoms with van der Waals surface area (Å²) in [6.07, 6.45) is 4.33. The van der Waals surface area contributed by atoms with Crippen LogP contribution in [0.25, 0.3) is 0 Å². The minimum Gasteiger partial charge on any atom is -0.389 e. The number of hydrogen-bond donors (Lipinski definition) is 1. The second kappa shape index (κ2) is 4.61. The second-order valence-electron chi connectivity index (χ2n) is 6.12. The molecule has 2 aliphatic carbocycles. The fourth-order valence-corrected chi connectivity index (χ4v) is 3.93. The van der Waals surface area contributed by atoms with Crippen LogP contribution in [-0.2, 0) is 9.59 Å². The molecular weight excluding hydrogens is 228 g/mol. The number of allylic oxidation sites excluding steroid dienone is 1. The summed E-state index contributed by atoms with van der Waals surface area (Å²) in [6.45, 7) is 6.01. The molecule has 1 N–H and O–H groups in total. The van der Waals surface area contributed by atoms with Crippen LogP contribution in [0.1, 0.15) is 40.0 Å². The number of carbonyl (C=O) groups excluding carboxylic acids is 2. The molecule has 18 heavy (non-hydrogen) atoms. The van der Waals surface area contributed by atoms with E-state index in [2.05, 4.69) is 13.8 Å². The normalized spacial score (nSPS) is 41.9. The second-order valence-corrected chi connectivity index (χ2v) is 6.12. The average molecular weight is 250 g/mol. The van der Waals surface area contributed by atoms with Crippen LogP contribution in [0.2, 0.25) is 0 Å². The van der Waals surface area contributed by atoms with E-state index in [4.69, 9.17) is 0 Å². The van der Waals surface area contributed by atoms with Crippen LogP contribution in [0.15, 0.2) is 11.6 Å². The van der Waals surface area contributed by atoms with Crippen LogP contribution in [0.3, 0.4) is 0 Å². The van der Waals surface area contributed by atoms with E-state index in [-0.39, 0.29) is 29.0 Å².